The third-order valence-corrected chi connectivity index (χ3v) is 2.77. The zero-order valence-electron chi connectivity index (χ0n) is 12.2. The number of aryl methyl sites for hydroxylation is 2. The second kappa shape index (κ2) is 8.19. The average molecular weight is 279 g/mol. The first kappa shape index (κ1) is 16.0. The van der Waals surface area contributed by atoms with Crippen LogP contribution in [0.5, 0.6) is 5.75 Å². The molecule has 1 aromatic rings. The van der Waals surface area contributed by atoms with Gasteiger partial charge in [0.25, 0.3) is 5.91 Å². The monoisotopic (exact) mass is 279 g/mol. The van der Waals surface area contributed by atoms with Gasteiger partial charge < -0.3 is 14.8 Å². The molecule has 1 rings (SSSR count). The molecule has 0 aromatic heterocycles. The van der Waals surface area contributed by atoms with Crippen molar-refractivity contribution in [1.29, 1.82) is 0 Å². The minimum Gasteiger partial charge on any atom is -0.482 e. The molecule has 1 amide bonds. The van der Waals surface area contributed by atoms with Crippen LogP contribution in [0, 0.1) is 13.8 Å². The molecule has 5 nitrogen and oxygen atoms in total. The number of hydrogen-bond donors (Lipinski definition) is 1. The van der Waals surface area contributed by atoms with Crippen molar-refractivity contribution in [3.63, 3.8) is 0 Å². The number of hydrogen-bond acceptors (Lipinski definition) is 4. The van der Waals surface area contributed by atoms with Crippen molar-refractivity contribution in [2.45, 2.75) is 27.2 Å². The first-order valence-electron chi connectivity index (χ1n) is 6.65. The summed E-state index contributed by atoms with van der Waals surface area (Å²) in [4.78, 5) is 22.7. The lowest BCUT2D eigenvalue weighted by molar-refractivity contribution is -0.150. The molecule has 1 N–H and O–H groups in total. The lowest BCUT2D eigenvalue weighted by Gasteiger charge is -2.08. The van der Waals surface area contributed by atoms with Gasteiger partial charge in [0.2, 0.25) is 0 Å². The van der Waals surface area contributed by atoms with E-state index in [1.54, 1.807) is 6.07 Å². The lowest BCUT2D eigenvalue weighted by atomic mass is 10.1. The molecular formula is C15H21NO4. The predicted molar refractivity (Wildman–Crippen MR) is 75.7 cm³/mol. The fourth-order valence-corrected chi connectivity index (χ4v) is 1.45. The van der Waals surface area contributed by atoms with Gasteiger partial charge in [-0.05, 0) is 43.5 Å². The van der Waals surface area contributed by atoms with E-state index in [1.165, 1.54) is 0 Å². The van der Waals surface area contributed by atoms with Gasteiger partial charge >= 0.3 is 5.97 Å². The SMILES string of the molecule is CCCNC(=O)COC(=O)COc1ccc(C)c(C)c1. The van der Waals surface area contributed by atoms with E-state index < -0.39 is 5.97 Å². The normalized spacial score (nSPS) is 9.95. The first-order valence-corrected chi connectivity index (χ1v) is 6.65. The van der Waals surface area contributed by atoms with Gasteiger partial charge in [0.1, 0.15) is 5.75 Å². The number of esters is 1. The van der Waals surface area contributed by atoms with Gasteiger partial charge in [-0.1, -0.05) is 13.0 Å². The van der Waals surface area contributed by atoms with E-state index in [1.807, 2.05) is 32.9 Å². The molecule has 0 aliphatic heterocycles. The van der Waals surface area contributed by atoms with Gasteiger partial charge in [-0.2, -0.15) is 0 Å². The van der Waals surface area contributed by atoms with Gasteiger partial charge in [0, 0.05) is 6.54 Å². The molecule has 0 radical (unpaired) electrons. The molecule has 0 fully saturated rings. The molecule has 0 atom stereocenters. The predicted octanol–water partition coefficient (Wildman–Crippen LogP) is 1.75. The van der Waals surface area contributed by atoms with Crippen molar-refractivity contribution in [2.24, 2.45) is 0 Å². The molecule has 5 heteroatoms. The van der Waals surface area contributed by atoms with Gasteiger partial charge in [0.15, 0.2) is 13.2 Å². The van der Waals surface area contributed by atoms with E-state index in [4.69, 9.17) is 9.47 Å². The third-order valence-electron chi connectivity index (χ3n) is 2.77. The molecule has 0 unspecified atom stereocenters. The van der Waals surface area contributed by atoms with Crippen LogP contribution in [0.1, 0.15) is 24.5 Å². The summed E-state index contributed by atoms with van der Waals surface area (Å²) < 4.78 is 10.1. The standard InChI is InChI=1S/C15H21NO4/c1-4-7-16-14(17)9-20-15(18)10-19-13-6-5-11(2)12(3)8-13/h5-6,8H,4,7,9-10H2,1-3H3,(H,16,17). The fraction of sp³-hybridized carbons (Fsp3) is 0.467. The summed E-state index contributed by atoms with van der Waals surface area (Å²) in [7, 11) is 0. The Bertz CT molecular complexity index is 471. The Morgan fingerprint density at radius 3 is 2.55 bits per heavy atom. The Hall–Kier alpha value is -2.04. The van der Waals surface area contributed by atoms with Crippen LogP contribution >= 0.6 is 0 Å². The van der Waals surface area contributed by atoms with Crippen molar-refractivity contribution in [3.05, 3.63) is 29.3 Å². The summed E-state index contributed by atoms with van der Waals surface area (Å²) in [5.74, 6) is -0.248. The van der Waals surface area contributed by atoms with Gasteiger partial charge in [0.05, 0.1) is 0 Å². The molecular weight excluding hydrogens is 258 g/mol. The van der Waals surface area contributed by atoms with Crippen LogP contribution < -0.4 is 10.1 Å². The zero-order chi connectivity index (χ0) is 15.0. The number of amides is 1. The smallest absolute Gasteiger partial charge is 0.344 e. The average Bonchev–Trinajstić information content (AvgIpc) is 2.44. The molecule has 0 aliphatic carbocycles. The van der Waals surface area contributed by atoms with Crippen LogP contribution in [0.25, 0.3) is 0 Å². The Kier molecular flexibility index (Phi) is 6.56. The van der Waals surface area contributed by atoms with E-state index in [2.05, 4.69) is 5.32 Å². The van der Waals surface area contributed by atoms with E-state index >= 15 is 0 Å². The van der Waals surface area contributed by atoms with Gasteiger partial charge in [-0.25, -0.2) is 4.79 Å². The Morgan fingerprint density at radius 1 is 1.15 bits per heavy atom. The van der Waals surface area contributed by atoms with E-state index in [9.17, 15) is 9.59 Å². The lowest BCUT2D eigenvalue weighted by Crippen LogP contribution is -2.30. The summed E-state index contributed by atoms with van der Waals surface area (Å²) in [5, 5.41) is 2.62. The highest BCUT2D eigenvalue weighted by Gasteiger charge is 2.08. The summed E-state index contributed by atoms with van der Waals surface area (Å²) in [5.41, 5.74) is 2.25. The van der Waals surface area contributed by atoms with E-state index in [0.717, 1.165) is 17.5 Å². The highest BCUT2D eigenvalue weighted by Crippen LogP contribution is 2.16. The molecule has 0 aliphatic rings. The zero-order valence-corrected chi connectivity index (χ0v) is 12.2. The second-order valence-electron chi connectivity index (χ2n) is 4.55. The quantitative estimate of drug-likeness (QED) is 0.772. The number of carbonyl (C=O) groups is 2. The summed E-state index contributed by atoms with van der Waals surface area (Å²) in [6.45, 7) is 6.03. The van der Waals surface area contributed by atoms with Crippen LogP contribution in [-0.2, 0) is 14.3 Å². The molecule has 1 aromatic carbocycles. The minimum atomic E-state index is -0.560. The number of rotatable bonds is 7. The first-order chi connectivity index (χ1) is 9.52. The van der Waals surface area contributed by atoms with Crippen LogP contribution in [0.15, 0.2) is 18.2 Å². The van der Waals surface area contributed by atoms with Crippen LogP contribution in [0.2, 0.25) is 0 Å². The van der Waals surface area contributed by atoms with Crippen LogP contribution in [0.3, 0.4) is 0 Å². The largest absolute Gasteiger partial charge is 0.482 e. The second-order valence-corrected chi connectivity index (χ2v) is 4.55. The highest BCUT2D eigenvalue weighted by atomic mass is 16.6. The van der Waals surface area contributed by atoms with Crippen molar-refractivity contribution in [1.82, 2.24) is 5.32 Å². The number of benzene rings is 1. The van der Waals surface area contributed by atoms with Gasteiger partial charge in [-0.15, -0.1) is 0 Å². The van der Waals surface area contributed by atoms with Crippen LogP contribution in [-0.4, -0.2) is 31.6 Å². The summed E-state index contributed by atoms with van der Waals surface area (Å²) >= 11 is 0. The van der Waals surface area contributed by atoms with Crippen molar-refractivity contribution in [2.75, 3.05) is 19.8 Å². The molecule has 0 bridgehead atoms. The summed E-state index contributed by atoms with van der Waals surface area (Å²) in [6.07, 6.45) is 0.843. The molecule has 0 heterocycles. The minimum absolute atomic E-state index is 0.205. The van der Waals surface area contributed by atoms with Crippen LogP contribution in [0.4, 0.5) is 0 Å². The third kappa shape index (κ3) is 5.73. The Morgan fingerprint density at radius 2 is 1.90 bits per heavy atom. The topological polar surface area (TPSA) is 64.6 Å². The maximum atomic E-state index is 11.4. The highest BCUT2D eigenvalue weighted by molar-refractivity contribution is 5.80. The van der Waals surface area contributed by atoms with E-state index in [0.29, 0.717) is 12.3 Å². The maximum absolute atomic E-state index is 11.4. The molecule has 110 valence electrons. The van der Waals surface area contributed by atoms with E-state index in [-0.39, 0.29) is 19.1 Å². The molecule has 0 saturated heterocycles. The molecule has 0 saturated carbocycles. The number of carbonyl (C=O) groups excluding carboxylic acids is 2. The van der Waals surface area contributed by atoms with Gasteiger partial charge in [-0.3, -0.25) is 4.79 Å². The van der Waals surface area contributed by atoms with Crippen molar-refractivity contribution >= 4 is 11.9 Å². The summed E-state index contributed by atoms with van der Waals surface area (Å²) in [6, 6.07) is 5.58. The maximum Gasteiger partial charge on any atom is 0.344 e. The van der Waals surface area contributed by atoms with Crippen molar-refractivity contribution < 1.29 is 19.1 Å². The number of nitrogens with one attached hydrogen (secondary N) is 1. The molecule has 20 heavy (non-hydrogen) atoms. The Labute approximate surface area is 119 Å². The Balaban J connectivity index is 2.29. The fourth-order valence-electron chi connectivity index (χ4n) is 1.45. The number of ether oxygens (including phenoxy) is 2. The van der Waals surface area contributed by atoms with Crippen molar-refractivity contribution in [3.8, 4) is 5.75 Å². The molecule has 0 spiro atoms.